The molecule has 7 nitrogen and oxygen atoms in total. The van der Waals surface area contributed by atoms with Gasteiger partial charge in [-0.15, -0.1) is 0 Å². The minimum absolute atomic E-state index is 0.126. The van der Waals surface area contributed by atoms with Crippen LogP contribution in [0.2, 0.25) is 12.6 Å². The third-order valence-electron chi connectivity index (χ3n) is 4.89. The summed E-state index contributed by atoms with van der Waals surface area (Å²) in [7, 11) is -2.59. The van der Waals surface area contributed by atoms with Crippen LogP contribution in [0, 0.1) is 5.92 Å². The molecule has 2 amide bonds. The molecule has 0 radical (unpaired) electrons. The van der Waals surface area contributed by atoms with Gasteiger partial charge in [0, 0.05) is 19.1 Å². The average Bonchev–Trinajstić information content (AvgIpc) is 2.80. The molecule has 2 aromatic carbocycles. The molecule has 0 aliphatic rings. The maximum atomic E-state index is 12.0. The molecule has 2 rings (SSSR count). The number of amides is 2. The van der Waals surface area contributed by atoms with Crippen LogP contribution in [0.3, 0.4) is 0 Å². The van der Waals surface area contributed by atoms with Crippen molar-refractivity contribution in [2.24, 2.45) is 5.92 Å². The third kappa shape index (κ3) is 9.43. The molecule has 32 heavy (non-hydrogen) atoms. The largest absolute Gasteiger partial charge is 0.512 e. The van der Waals surface area contributed by atoms with Crippen LogP contribution in [-0.4, -0.2) is 40.3 Å². The van der Waals surface area contributed by atoms with Crippen LogP contribution in [0.5, 0.6) is 11.5 Å². The van der Waals surface area contributed by atoms with Gasteiger partial charge in [0.15, 0.2) is 0 Å². The summed E-state index contributed by atoms with van der Waals surface area (Å²) in [6, 6.07) is 19.7. The number of carbonyl (C=O) groups is 2. The van der Waals surface area contributed by atoms with Crippen molar-refractivity contribution in [1.29, 1.82) is 0 Å². The smallest absolute Gasteiger partial charge is 0.457 e. The first-order valence-electron chi connectivity index (χ1n) is 11.1. The zero-order chi connectivity index (χ0) is 23.2. The van der Waals surface area contributed by atoms with Crippen molar-refractivity contribution in [2.45, 2.75) is 39.3 Å². The minimum atomic E-state index is -2.59. The fourth-order valence-electron chi connectivity index (χ4n) is 2.90. The van der Waals surface area contributed by atoms with E-state index in [9.17, 15) is 9.59 Å². The van der Waals surface area contributed by atoms with E-state index in [1.165, 1.54) is 0 Å². The number of urea groups is 1. The molecule has 0 spiro atoms. The quantitative estimate of drug-likeness (QED) is 0.262. The van der Waals surface area contributed by atoms with Gasteiger partial charge >= 0.3 is 20.6 Å². The first kappa shape index (κ1) is 25.3. The number of nitrogens with one attached hydrogen (secondary N) is 2. The lowest BCUT2D eigenvalue weighted by molar-refractivity contribution is -0.147. The molecule has 2 aromatic rings. The van der Waals surface area contributed by atoms with Gasteiger partial charge in [0.05, 0.1) is 12.5 Å². The van der Waals surface area contributed by atoms with Crippen LogP contribution in [-0.2, 0) is 9.53 Å². The SMILES string of the molecule is CCC(C)C(=O)OCCNC(=O)NCCC[Si](C)(Oc1ccccc1)Oc1ccccc1. The Morgan fingerprint density at radius 3 is 1.97 bits per heavy atom. The molecule has 0 bridgehead atoms. The molecule has 0 aliphatic heterocycles. The van der Waals surface area contributed by atoms with E-state index in [1.54, 1.807) is 0 Å². The Balaban J connectivity index is 1.76. The summed E-state index contributed by atoms with van der Waals surface area (Å²) in [5.41, 5.74) is 0. The fraction of sp³-hybridized carbons (Fsp3) is 0.417. The van der Waals surface area contributed by atoms with E-state index in [2.05, 4.69) is 10.6 Å². The molecule has 0 saturated heterocycles. The zero-order valence-corrected chi connectivity index (χ0v) is 20.1. The van der Waals surface area contributed by atoms with E-state index in [-0.39, 0.29) is 31.1 Å². The lowest BCUT2D eigenvalue weighted by Crippen LogP contribution is -2.46. The molecule has 8 heteroatoms. The number of hydrogen-bond donors (Lipinski definition) is 2. The lowest BCUT2D eigenvalue weighted by Gasteiger charge is -2.28. The number of para-hydroxylation sites is 2. The molecule has 0 aromatic heterocycles. The van der Waals surface area contributed by atoms with Gasteiger partial charge in [0.1, 0.15) is 18.1 Å². The summed E-state index contributed by atoms with van der Waals surface area (Å²) in [6.45, 7) is 6.70. The highest BCUT2D eigenvalue weighted by atomic mass is 28.4. The topological polar surface area (TPSA) is 85.9 Å². The molecular formula is C24H34N2O5Si. The summed E-state index contributed by atoms with van der Waals surface area (Å²) in [6.07, 6.45) is 1.44. The Hall–Kier alpha value is -3.00. The number of esters is 1. The summed E-state index contributed by atoms with van der Waals surface area (Å²) in [5, 5.41) is 5.52. The van der Waals surface area contributed by atoms with Gasteiger partial charge in [-0.3, -0.25) is 4.79 Å². The van der Waals surface area contributed by atoms with Crippen LogP contribution >= 0.6 is 0 Å². The summed E-state index contributed by atoms with van der Waals surface area (Å²) in [4.78, 5) is 23.6. The minimum Gasteiger partial charge on any atom is -0.512 e. The monoisotopic (exact) mass is 458 g/mol. The van der Waals surface area contributed by atoms with Crippen LogP contribution < -0.4 is 19.5 Å². The van der Waals surface area contributed by atoms with Crippen LogP contribution in [0.15, 0.2) is 60.7 Å². The van der Waals surface area contributed by atoms with Crippen molar-refractivity contribution in [3.05, 3.63) is 60.7 Å². The maximum Gasteiger partial charge on any atom is 0.457 e. The van der Waals surface area contributed by atoms with Crippen molar-refractivity contribution in [3.63, 3.8) is 0 Å². The Morgan fingerprint density at radius 2 is 1.44 bits per heavy atom. The number of benzene rings is 2. The van der Waals surface area contributed by atoms with Gasteiger partial charge in [-0.25, -0.2) is 4.79 Å². The fourth-order valence-corrected chi connectivity index (χ4v) is 5.23. The predicted molar refractivity (Wildman–Crippen MR) is 127 cm³/mol. The summed E-state index contributed by atoms with van der Waals surface area (Å²) >= 11 is 0. The Morgan fingerprint density at radius 1 is 0.906 bits per heavy atom. The van der Waals surface area contributed by atoms with E-state index < -0.39 is 8.56 Å². The number of hydrogen-bond acceptors (Lipinski definition) is 5. The van der Waals surface area contributed by atoms with Gasteiger partial charge < -0.3 is 24.2 Å². The first-order chi connectivity index (χ1) is 15.4. The molecule has 0 fully saturated rings. The molecule has 1 unspecified atom stereocenters. The van der Waals surface area contributed by atoms with Crippen LogP contribution in [0.1, 0.15) is 26.7 Å². The summed E-state index contributed by atoms with van der Waals surface area (Å²) < 4.78 is 17.7. The second-order valence-corrected chi connectivity index (χ2v) is 10.9. The standard InChI is InChI=1S/C24H34N2O5Si/c1-4-20(2)23(27)29-18-17-26-24(28)25-16-11-19-32(3,30-21-12-7-5-8-13-21)31-22-14-9-6-10-15-22/h5-10,12-15,20H,4,11,16-19H2,1-3H3,(H2,25,26,28). The van der Waals surface area contributed by atoms with E-state index >= 15 is 0 Å². The van der Waals surface area contributed by atoms with Crippen molar-refractivity contribution in [1.82, 2.24) is 10.6 Å². The molecule has 0 saturated carbocycles. The molecular weight excluding hydrogens is 424 g/mol. The maximum absolute atomic E-state index is 12.0. The third-order valence-corrected chi connectivity index (χ3v) is 7.49. The highest BCUT2D eigenvalue weighted by Crippen LogP contribution is 2.24. The van der Waals surface area contributed by atoms with Crippen molar-refractivity contribution in [2.75, 3.05) is 19.7 Å². The van der Waals surface area contributed by atoms with E-state index in [1.807, 2.05) is 81.1 Å². The van der Waals surface area contributed by atoms with E-state index in [0.717, 1.165) is 17.9 Å². The Kier molecular flexibility index (Phi) is 10.6. The van der Waals surface area contributed by atoms with Crippen molar-refractivity contribution >= 4 is 20.6 Å². The number of carbonyl (C=O) groups excluding carboxylic acids is 2. The zero-order valence-electron chi connectivity index (χ0n) is 19.1. The van der Waals surface area contributed by atoms with Crippen LogP contribution in [0.25, 0.3) is 0 Å². The molecule has 174 valence electrons. The molecule has 1 atom stereocenters. The average molecular weight is 459 g/mol. The van der Waals surface area contributed by atoms with Gasteiger partial charge in [-0.1, -0.05) is 50.2 Å². The summed E-state index contributed by atoms with van der Waals surface area (Å²) in [5.74, 6) is 1.18. The van der Waals surface area contributed by atoms with Crippen LogP contribution in [0.4, 0.5) is 4.79 Å². The van der Waals surface area contributed by atoms with E-state index in [4.69, 9.17) is 13.6 Å². The second kappa shape index (κ2) is 13.4. The van der Waals surface area contributed by atoms with Gasteiger partial charge in [0.25, 0.3) is 0 Å². The van der Waals surface area contributed by atoms with Crippen molar-refractivity contribution < 1.29 is 23.2 Å². The number of ether oxygens (including phenoxy) is 1. The molecule has 0 aliphatic carbocycles. The highest BCUT2D eigenvalue weighted by Gasteiger charge is 2.35. The van der Waals surface area contributed by atoms with E-state index in [0.29, 0.717) is 19.0 Å². The van der Waals surface area contributed by atoms with Crippen molar-refractivity contribution in [3.8, 4) is 11.5 Å². The predicted octanol–water partition coefficient (Wildman–Crippen LogP) is 4.50. The number of rotatable bonds is 13. The lowest BCUT2D eigenvalue weighted by atomic mass is 10.1. The van der Waals surface area contributed by atoms with Gasteiger partial charge in [0.2, 0.25) is 0 Å². The molecule has 0 heterocycles. The van der Waals surface area contributed by atoms with Gasteiger partial charge in [-0.05, 0) is 37.1 Å². The Labute approximate surface area is 191 Å². The normalized spacial score (nSPS) is 11.8. The molecule has 2 N–H and O–H groups in total. The highest BCUT2D eigenvalue weighted by molar-refractivity contribution is 6.67. The second-order valence-electron chi connectivity index (χ2n) is 7.73. The Bertz CT molecular complexity index is 778. The first-order valence-corrected chi connectivity index (χ1v) is 13.6. The van der Waals surface area contributed by atoms with Gasteiger partial charge in [-0.2, -0.15) is 0 Å².